The number of carbonyl (C=O) groups excluding carboxylic acids is 3. The van der Waals surface area contributed by atoms with E-state index in [1.54, 1.807) is 35.2 Å². The summed E-state index contributed by atoms with van der Waals surface area (Å²) < 4.78 is 5.25. The molecule has 1 saturated heterocycles. The summed E-state index contributed by atoms with van der Waals surface area (Å²) in [7, 11) is 0. The van der Waals surface area contributed by atoms with Gasteiger partial charge in [-0.25, -0.2) is 0 Å². The lowest BCUT2D eigenvalue weighted by Crippen LogP contribution is -2.49. The number of nitrogens with two attached hydrogens (primary N) is 1. The number of ether oxygens (including phenoxy) is 1. The first-order valence-electron chi connectivity index (χ1n) is 8.71. The Balaban J connectivity index is 1.69. The van der Waals surface area contributed by atoms with Crippen molar-refractivity contribution in [2.45, 2.75) is 25.3 Å². The molecule has 8 heteroatoms. The van der Waals surface area contributed by atoms with E-state index < -0.39 is 11.9 Å². The third kappa shape index (κ3) is 4.85. The van der Waals surface area contributed by atoms with Crippen LogP contribution in [0.25, 0.3) is 0 Å². The molecule has 142 valence electrons. The van der Waals surface area contributed by atoms with Crippen LogP contribution in [-0.4, -0.2) is 41.8 Å². The van der Waals surface area contributed by atoms with Crippen LogP contribution in [0, 0.1) is 0 Å². The maximum absolute atomic E-state index is 12.8. The Bertz CT molecular complexity index is 822. The molecule has 0 spiro atoms. The number of carbonyl (C=O) groups is 3. The number of nitrogens with zero attached hydrogens (tertiary/aromatic N) is 1. The van der Waals surface area contributed by atoms with Gasteiger partial charge >= 0.3 is 0 Å². The van der Waals surface area contributed by atoms with Crippen molar-refractivity contribution in [3.05, 3.63) is 46.7 Å². The Morgan fingerprint density at radius 3 is 2.81 bits per heavy atom. The van der Waals surface area contributed by atoms with Gasteiger partial charge in [0.05, 0.1) is 4.88 Å². The predicted octanol–water partition coefficient (Wildman–Crippen LogP) is 2.25. The zero-order chi connectivity index (χ0) is 19.2. The highest BCUT2D eigenvalue weighted by Crippen LogP contribution is 2.24. The van der Waals surface area contributed by atoms with Crippen molar-refractivity contribution in [3.8, 4) is 5.75 Å². The summed E-state index contributed by atoms with van der Waals surface area (Å²) in [6.07, 6.45) is 2.41. The number of benzene rings is 1. The highest BCUT2D eigenvalue weighted by Gasteiger charge is 2.33. The van der Waals surface area contributed by atoms with E-state index in [4.69, 9.17) is 10.5 Å². The van der Waals surface area contributed by atoms with E-state index >= 15 is 0 Å². The Kier molecular flexibility index (Phi) is 6.08. The largest absolute Gasteiger partial charge is 0.484 e. The van der Waals surface area contributed by atoms with E-state index in [9.17, 15) is 14.4 Å². The minimum atomic E-state index is -0.575. The first-order chi connectivity index (χ1) is 13.0. The normalized spacial score (nSPS) is 16.6. The number of anilines is 1. The van der Waals surface area contributed by atoms with Gasteiger partial charge in [0.15, 0.2) is 6.61 Å². The molecule has 3 N–H and O–H groups in total. The first-order valence-corrected chi connectivity index (χ1v) is 9.59. The lowest BCUT2D eigenvalue weighted by molar-refractivity contribution is -0.121. The highest BCUT2D eigenvalue weighted by molar-refractivity contribution is 7.12. The lowest BCUT2D eigenvalue weighted by Gasteiger charge is -2.34. The molecular weight excluding hydrogens is 366 g/mol. The maximum atomic E-state index is 12.8. The molecule has 1 aliphatic rings. The molecule has 3 rings (SSSR count). The maximum Gasteiger partial charge on any atom is 0.264 e. The number of piperidine rings is 1. The van der Waals surface area contributed by atoms with Crippen molar-refractivity contribution < 1.29 is 19.1 Å². The lowest BCUT2D eigenvalue weighted by atomic mass is 10.0. The smallest absolute Gasteiger partial charge is 0.264 e. The van der Waals surface area contributed by atoms with Crippen molar-refractivity contribution in [1.29, 1.82) is 0 Å². The van der Waals surface area contributed by atoms with Gasteiger partial charge in [-0.2, -0.15) is 0 Å². The number of hydrogen-bond acceptors (Lipinski definition) is 5. The molecule has 2 heterocycles. The summed E-state index contributed by atoms with van der Waals surface area (Å²) in [5.74, 6) is -0.480. The minimum Gasteiger partial charge on any atom is -0.484 e. The van der Waals surface area contributed by atoms with E-state index in [0.717, 1.165) is 12.8 Å². The zero-order valence-corrected chi connectivity index (χ0v) is 15.5. The number of likely N-dealkylation sites (tertiary alicyclic amines) is 1. The zero-order valence-electron chi connectivity index (χ0n) is 14.7. The van der Waals surface area contributed by atoms with Crippen LogP contribution in [0.2, 0.25) is 0 Å². The Labute approximate surface area is 161 Å². The number of primary amides is 1. The van der Waals surface area contributed by atoms with Gasteiger partial charge in [-0.05, 0) is 42.8 Å². The van der Waals surface area contributed by atoms with Gasteiger partial charge in [0.2, 0.25) is 5.91 Å². The molecule has 0 aliphatic carbocycles. The molecule has 1 atom stereocenters. The number of thiophene rings is 1. The molecule has 2 aromatic rings. The summed E-state index contributed by atoms with van der Waals surface area (Å²) in [4.78, 5) is 38.7. The molecule has 1 fully saturated rings. The van der Waals surface area contributed by atoms with E-state index in [-0.39, 0.29) is 18.4 Å². The summed E-state index contributed by atoms with van der Waals surface area (Å²) in [5, 5.41) is 4.70. The number of rotatable bonds is 6. The quantitative estimate of drug-likeness (QED) is 0.794. The first kappa shape index (κ1) is 18.9. The molecule has 3 amide bonds. The Morgan fingerprint density at radius 2 is 2.07 bits per heavy atom. The van der Waals surface area contributed by atoms with Gasteiger partial charge in [-0.15, -0.1) is 11.3 Å². The van der Waals surface area contributed by atoms with Crippen LogP contribution in [0.5, 0.6) is 5.75 Å². The van der Waals surface area contributed by atoms with E-state index in [2.05, 4.69) is 5.32 Å². The summed E-state index contributed by atoms with van der Waals surface area (Å²) >= 11 is 1.37. The topological polar surface area (TPSA) is 102 Å². The standard InChI is InChI=1S/C19H21N3O4S/c20-17(23)12-26-14-6-3-5-13(11-14)21-18(24)15-7-1-2-9-22(15)19(25)16-8-4-10-27-16/h3-6,8,10-11,15H,1-2,7,9,12H2,(H2,20,23)(H,21,24). The Hall–Kier alpha value is -2.87. The van der Waals surface area contributed by atoms with Crippen LogP contribution < -0.4 is 15.8 Å². The van der Waals surface area contributed by atoms with Gasteiger partial charge in [0.25, 0.3) is 11.8 Å². The molecule has 0 saturated carbocycles. The predicted molar refractivity (Wildman–Crippen MR) is 103 cm³/mol. The van der Waals surface area contributed by atoms with Gasteiger partial charge in [-0.3, -0.25) is 14.4 Å². The molecule has 1 aliphatic heterocycles. The molecule has 1 aromatic heterocycles. The van der Waals surface area contributed by atoms with Crippen LogP contribution in [-0.2, 0) is 9.59 Å². The second-order valence-corrected chi connectivity index (χ2v) is 7.21. The molecule has 7 nitrogen and oxygen atoms in total. The van der Waals surface area contributed by atoms with Gasteiger partial charge in [0, 0.05) is 18.3 Å². The van der Waals surface area contributed by atoms with Crippen LogP contribution >= 0.6 is 11.3 Å². The van der Waals surface area contributed by atoms with Crippen LogP contribution in [0.15, 0.2) is 41.8 Å². The van der Waals surface area contributed by atoms with Crippen molar-refractivity contribution in [1.82, 2.24) is 4.90 Å². The average molecular weight is 387 g/mol. The molecule has 0 bridgehead atoms. The van der Waals surface area contributed by atoms with E-state index in [1.165, 1.54) is 11.3 Å². The number of nitrogens with one attached hydrogen (secondary N) is 1. The minimum absolute atomic E-state index is 0.108. The average Bonchev–Trinajstić information content (AvgIpc) is 3.21. The molecular formula is C19H21N3O4S. The summed E-state index contributed by atoms with van der Waals surface area (Å²) in [6.45, 7) is 0.333. The van der Waals surface area contributed by atoms with Gasteiger partial charge in [-0.1, -0.05) is 12.1 Å². The number of amides is 3. The van der Waals surface area contributed by atoms with Crippen molar-refractivity contribution in [2.75, 3.05) is 18.5 Å². The van der Waals surface area contributed by atoms with Gasteiger partial charge < -0.3 is 20.7 Å². The third-order valence-electron chi connectivity index (χ3n) is 4.28. The van der Waals surface area contributed by atoms with Crippen LogP contribution in [0.4, 0.5) is 5.69 Å². The van der Waals surface area contributed by atoms with Crippen molar-refractivity contribution in [2.24, 2.45) is 5.73 Å². The van der Waals surface area contributed by atoms with Crippen molar-refractivity contribution >= 4 is 34.7 Å². The highest BCUT2D eigenvalue weighted by atomic mass is 32.1. The van der Waals surface area contributed by atoms with E-state index in [0.29, 0.717) is 29.3 Å². The monoisotopic (exact) mass is 387 g/mol. The SMILES string of the molecule is NC(=O)COc1cccc(NC(=O)C2CCCCN2C(=O)c2cccs2)c1. The summed E-state index contributed by atoms with van der Waals surface area (Å²) in [5.41, 5.74) is 5.61. The van der Waals surface area contributed by atoms with Gasteiger partial charge in [0.1, 0.15) is 11.8 Å². The third-order valence-corrected chi connectivity index (χ3v) is 5.14. The second-order valence-electron chi connectivity index (χ2n) is 6.26. The molecule has 0 radical (unpaired) electrons. The Morgan fingerprint density at radius 1 is 1.22 bits per heavy atom. The summed E-state index contributed by atoms with van der Waals surface area (Å²) in [6, 6.07) is 9.82. The number of hydrogen-bond donors (Lipinski definition) is 2. The van der Waals surface area contributed by atoms with Crippen LogP contribution in [0.3, 0.4) is 0 Å². The van der Waals surface area contributed by atoms with E-state index in [1.807, 2.05) is 11.4 Å². The van der Waals surface area contributed by atoms with Crippen LogP contribution in [0.1, 0.15) is 28.9 Å². The fraction of sp³-hybridized carbons (Fsp3) is 0.316. The fourth-order valence-corrected chi connectivity index (χ4v) is 3.71. The molecule has 27 heavy (non-hydrogen) atoms. The fourth-order valence-electron chi connectivity index (χ4n) is 3.03. The molecule has 1 unspecified atom stereocenters. The van der Waals surface area contributed by atoms with Crippen molar-refractivity contribution in [3.63, 3.8) is 0 Å². The second kappa shape index (κ2) is 8.68. The molecule has 1 aromatic carbocycles.